The van der Waals surface area contributed by atoms with Gasteiger partial charge in [0.25, 0.3) is 0 Å². The van der Waals surface area contributed by atoms with Crippen molar-refractivity contribution in [3.8, 4) is 17.1 Å². The number of hydrogen-bond donors (Lipinski definition) is 1. The summed E-state index contributed by atoms with van der Waals surface area (Å²) in [5.41, 5.74) is 2.30. The fraction of sp³-hybridized carbons (Fsp3) is 0.421. The van der Waals surface area contributed by atoms with Crippen LogP contribution in [0.5, 0.6) is 5.75 Å². The smallest absolute Gasteiger partial charge is 0.132 e. The zero-order valence-corrected chi connectivity index (χ0v) is 15.4. The second-order valence-electron chi connectivity index (χ2n) is 6.76. The highest BCUT2D eigenvalue weighted by molar-refractivity contribution is 5.93. The van der Waals surface area contributed by atoms with Gasteiger partial charge in [0.05, 0.1) is 24.4 Å². The monoisotopic (exact) mass is 371 g/mol. The van der Waals surface area contributed by atoms with Crippen molar-refractivity contribution in [2.24, 2.45) is 0 Å². The minimum Gasteiger partial charge on any atom is -0.488 e. The number of rotatable bonds is 6. The molecule has 4 rings (SSSR count). The number of alkyl halides is 1. The SMILES string of the molecule is COC[C@H](C)Oc1ccc2[nH]nc(-c3cc(N4CC[C@@H](F)C4)ncn3)c2c1. The number of methoxy groups -OCH3 is 1. The molecule has 8 heteroatoms. The van der Waals surface area contributed by atoms with E-state index in [0.717, 1.165) is 28.2 Å². The van der Waals surface area contributed by atoms with E-state index in [-0.39, 0.29) is 6.10 Å². The third-order valence-electron chi connectivity index (χ3n) is 4.62. The fourth-order valence-corrected chi connectivity index (χ4v) is 3.34. The van der Waals surface area contributed by atoms with Crippen LogP contribution in [0.15, 0.2) is 30.6 Å². The Labute approximate surface area is 156 Å². The van der Waals surface area contributed by atoms with Crippen LogP contribution in [-0.4, -0.2) is 59.2 Å². The molecule has 0 bridgehead atoms. The third kappa shape index (κ3) is 3.71. The zero-order chi connectivity index (χ0) is 18.8. The van der Waals surface area contributed by atoms with Crippen molar-refractivity contribution in [2.45, 2.75) is 25.6 Å². The Balaban J connectivity index is 1.65. The lowest BCUT2D eigenvalue weighted by atomic mass is 10.1. The van der Waals surface area contributed by atoms with E-state index in [1.165, 1.54) is 6.33 Å². The largest absolute Gasteiger partial charge is 0.488 e. The van der Waals surface area contributed by atoms with Gasteiger partial charge in [-0.3, -0.25) is 5.10 Å². The van der Waals surface area contributed by atoms with E-state index >= 15 is 0 Å². The maximum atomic E-state index is 13.5. The molecule has 0 amide bonds. The van der Waals surface area contributed by atoms with Crippen LogP contribution in [-0.2, 0) is 4.74 Å². The number of H-pyrrole nitrogens is 1. The molecule has 1 N–H and O–H groups in total. The number of ether oxygens (including phenoxy) is 2. The fourth-order valence-electron chi connectivity index (χ4n) is 3.34. The summed E-state index contributed by atoms with van der Waals surface area (Å²) in [7, 11) is 1.65. The van der Waals surface area contributed by atoms with Gasteiger partial charge >= 0.3 is 0 Å². The lowest BCUT2D eigenvalue weighted by Gasteiger charge is -2.16. The molecule has 142 valence electrons. The predicted octanol–water partition coefficient (Wildman–Crippen LogP) is 2.98. The second kappa shape index (κ2) is 7.48. The number of nitrogens with zero attached hydrogens (tertiary/aromatic N) is 4. The summed E-state index contributed by atoms with van der Waals surface area (Å²) in [6.07, 6.45) is 1.17. The van der Waals surface area contributed by atoms with E-state index in [1.807, 2.05) is 36.1 Å². The molecule has 1 fully saturated rings. The Morgan fingerprint density at radius 2 is 2.22 bits per heavy atom. The van der Waals surface area contributed by atoms with Crippen LogP contribution in [0.1, 0.15) is 13.3 Å². The van der Waals surface area contributed by atoms with Crippen LogP contribution >= 0.6 is 0 Å². The molecule has 0 spiro atoms. The molecule has 0 aliphatic carbocycles. The molecular formula is C19H22FN5O2. The number of anilines is 1. The Bertz CT molecular complexity index is 931. The molecule has 0 unspecified atom stereocenters. The Morgan fingerprint density at radius 3 is 3.00 bits per heavy atom. The van der Waals surface area contributed by atoms with Crippen molar-refractivity contribution in [1.29, 1.82) is 0 Å². The van der Waals surface area contributed by atoms with E-state index in [2.05, 4.69) is 20.2 Å². The number of aromatic amines is 1. The van der Waals surface area contributed by atoms with Crippen molar-refractivity contribution in [2.75, 3.05) is 31.7 Å². The second-order valence-corrected chi connectivity index (χ2v) is 6.76. The van der Waals surface area contributed by atoms with E-state index in [0.29, 0.717) is 31.8 Å². The average Bonchev–Trinajstić information content (AvgIpc) is 3.28. The van der Waals surface area contributed by atoms with Gasteiger partial charge in [0.15, 0.2) is 0 Å². The predicted molar refractivity (Wildman–Crippen MR) is 101 cm³/mol. The summed E-state index contributed by atoms with van der Waals surface area (Å²) in [6, 6.07) is 7.62. The summed E-state index contributed by atoms with van der Waals surface area (Å²) >= 11 is 0. The van der Waals surface area contributed by atoms with E-state index in [4.69, 9.17) is 9.47 Å². The van der Waals surface area contributed by atoms with Crippen LogP contribution in [0.3, 0.4) is 0 Å². The summed E-state index contributed by atoms with van der Waals surface area (Å²) in [5.74, 6) is 1.46. The number of halogens is 1. The third-order valence-corrected chi connectivity index (χ3v) is 4.62. The lowest BCUT2D eigenvalue weighted by Crippen LogP contribution is -2.21. The van der Waals surface area contributed by atoms with Crippen molar-refractivity contribution >= 4 is 16.7 Å². The highest BCUT2D eigenvalue weighted by Crippen LogP contribution is 2.30. The molecule has 0 saturated carbocycles. The highest BCUT2D eigenvalue weighted by Gasteiger charge is 2.23. The highest BCUT2D eigenvalue weighted by atomic mass is 19.1. The maximum absolute atomic E-state index is 13.5. The lowest BCUT2D eigenvalue weighted by molar-refractivity contribution is 0.0922. The summed E-state index contributed by atoms with van der Waals surface area (Å²) in [4.78, 5) is 10.6. The van der Waals surface area contributed by atoms with Gasteiger partial charge in [0.1, 0.15) is 35.9 Å². The van der Waals surface area contributed by atoms with Crippen LogP contribution in [0.2, 0.25) is 0 Å². The van der Waals surface area contributed by atoms with Gasteiger partial charge in [0.2, 0.25) is 0 Å². The first-order valence-corrected chi connectivity index (χ1v) is 8.99. The van der Waals surface area contributed by atoms with Gasteiger partial charge in [0, 0.05) is 25.1 Å². The summed E-state index contributed by atoms with van der Waals surface area (Å²) < 4.78 is 24.5. The first-order chi connectivity index (χ1) is 13.1. The molecule has 3 heterocycles. The molecule has 2 atom stereocenters. The summed E-state index contributed by atoms with van der Waals surface area (Å²) in [6.45, 7) is 3.49. The van der Waals surface area contributed by atoms with Gasteiger partial charge < -0.3 is 14.4 Å². The Morgan fingerprint density at radius 1 is 1.33 bits per heavy atom. The van der Waals surface area contributed by atoms with Gasteiger partial charge in [-0.05, 0) is 31.5 Å². The number of nitrogens with one attached hydrogen (secondary N) is 1. The van der Waals surface area contributed by atoms with Crippen LogP contribution in [0, 0.1) is 0 Å². The maximum Gasteiger partial charge on any atom is 0.132 e. The first-order valence-electron chi connectivity index (χ1n) is 8.99. The van der Waals surface area contributed by atoms with E-state index < -0.39 is 6.17 Å². The average molecular weight is 371 g/mol. The number of benzene rings is 1. The van der Waals surface area contributed by atoms with Crippen LogP contribution in [0.4, 0.5) is 10.2 Å². The molecule has 3 aromatic rings. The van der Waals surface area contributed by atoms with Crippen molar-refractivity contribution in [1.82, 2.24) is 20.2 Å². The van der Waals surface area contributed by atoms with Crippen LogP contribution in [0.25, 0.3) is 22.3 Å². The normalized spacial score (nSPS) is 18.2. The molecule has 1 aromatic carbocycles. The number of fused-ring (bicyclic) bond motifs is 1. The Hall–Kier alpha value is -2.74. The van der Waals surface area contributed by atoms with Gasteiger partial charge in [-0.1, -0.05) is 0 Å². The molecule has 7 nitrogen and oxygen atoms in total. The summed E-state index contributed by atoms with van der Waals surface area (Å²) in [5, 5.41) is 8.35. The standard InChI is InChI=1S/C19H22FN5O2/c1-12(10-26-2)27-14-3-4-16-15(7-14)19(24-23-16)17-8-18(22-11-21-17)25-6-5-13(20)9-25/h3-4,7-8,11-13H,5-6,9-10H2,1-2H3,(H,23,24)/t12-,13+/m0/s1. The van der Waals surface area contributed by atoms with E-state index in [9.17, 15) is 4.39 Å². The van der Waals surface area contributed by atoms with Gasteiger partial charge in [-0.25, -0.2) is 14.4 Å². The zero-order valence-electron chi connectivity index (χ0n) is 15.4. The molecule has 1 aliphatic rings. The minimum atomic E-state index is -0.802. The topological polar surface area (TPSA) is 76.2 Å². The molecule has 2 aromatic heterocycles. The molecule has 1 aliphatic heterocycles. The van der Waals surface area contributed by atoms with Crippen molar-refractivity contribution in [3.05, 3.63) is 30.6 Å². The van der Waals surface area contributed by atoms with Crippen molar-refractivity contribution in [3.63, 3.8) is 0 Å². The minimum absolute atomic E-state index is 0.0581. The molecule has 1 saturated heterocycles. The molecule has 0 radical (unpaired) electrons. The Kier molecular flexibility index (Phi) is 4.89. The molecular weight excluding hydrogens is 349 g/mol. The number of hydrogen-bond acceptors (Lipinski definition) is 6. The van der Waals surface area contributed by atoms with E-state index in [1.54, 1.807) is 7.11 Å². The van der Waals surface area contributed by atoms with Crippen molar-refractivity contribution < 1.29 is 13.9 Å². The first kappa shape index (κ1) is 17.7. The van der Waals surface area contributed by atoms with Gasteiger partial charge in [-0.15, -0.1) is 0 Å². The van der Waals surface area contributed by atoms with Crippen LogP contribution < -0.4 is 9.64 Å². The van der Waals surface area contributed by atoms with Gasteiger partial charge in [-0.2, -0.15) is 5.10 Å². The quantitative estimate of drug-likeness (QED) is 0.718. The molecule has 27 heavy (non-hydrogen) atoms. The number of aromatic nitrogens is 4.